The minimum Gasteiger partial charge on any atom is -0.333 e. The van der Waals surface area contributed by atoms with Crippen molar-refractivity contribution in [1.29, 1.82) is 0 Å². The molecule has 10 heteroatoms. The third kappa shape index (κ3) is 5.17. The lowest BCUT2D eigenvalue weighted by molar-refractivity contribution is -0.190. The normalized spacial score (nSPS) is 20.9. The summed E-state index contributed by atoms with van der Waals surface area (Å²) in [6.45, 7) is 4.65. The summed E-state index contributed by atoms with van der Waals surface area (Å²) >= 11 is 0. The molecule has 0 spiro atoms. The molecule has 0 aliphatic carbocycles. The number of benzene rings is 2. The lowest BCUT2D eigenvalue weighted by Gasteiger charge is -2.55. The molecule has 1 N–H and O–H groups in total. The molecule has 184 valence electrons. The zero-order valence-corrected chi connectivity index (χ0v) is 20.6. The molecule has 4 amide bonds. The van der Waals surface area contributed by atoms with Gasteiger partial charge in [-0.05, 0) is 29.2 Å². The van der Waals surface area contributed by atoms with Gasteiger partial charge in [-0.25, -0.2) is 19.2 Å². The summed E-state index contributed by atoms with van der Waals surface area (Å²) in [7, 11) is 3.69. The number of urea groups is 1. The van der Waals surface area contributed by atoms with E-state index in [1.54, 1.807) is 34.0 Å². The number of piperazine rings is 1. The molecule has 2 heterocycles. The van der Waals surface area contributed by atoms with Gasteiger partial charge in [-0.15, -0.1) is 0 Å². The number of carbonyl (C=O) groups excluding carboxylic acids is 3. The Hall–Kier alpha value is -3.40. The first-order valence-corrected chi connectivity index (χ1v) is 11.8. The Labute approximate surface area is 206 Å². The third-order valence-corrected chi connectivity index (χ3v) is 6.52. The molecule has 8 nitrogen and oxygen atoms in total. The SMILES string of the molecule is Bc1cccc(CN2C[C@H]3N(C(=O)CN(C)N3C(=O)NCc3ccc(F)cc3)[C@@H](C(C)C)C2=O)c1. The molecule has 2 aromatic carbocycles. The van der Waals surface area contributed by atoms with Crippen molar-refractivity contribution in [2.75, 3.05) is 20.1 Å². The lowest BCUT2D eigenvalue weighted by atomic mass is 9.93. The van der Waals surface area contributed by atoms with Crippen molar-refractivity contribution in [2.24, 2.45) is 5.92 Å². The molecule has 2 aliphatic heterocycles. The van der Waals surface area contributed by atoms with Crippen molar-refractivity contribution in [1.82, 2.24) is 25.1 Å². The van der Waals surface area contributed by atoms with Crippen LogP contribution in [0.25, 0.3) is 0 Å². The topological polar surface area (TPSA) is 76.2 Å². The number of fused-ring (bicyclic) bond motifs is 1. The Bertz CT molecular complexity index is 1110. The maximum absolute atomic E-state index is 13.5. The fraction of sp³-hybridized carbons (Fsp3) is 0.400. The Morgan fingerprint density at radius 2 is 1.86 bits per heavy atom. The van der Waals surface area contributed by atoms with Crippen LogP contribution in [0, 0.1) is 11.7 Å². The fourth-order valence-corrected chi connectivity index (χ4v) is 4.90. The van der Waals surface area contributed by atoms with Crippen LogP contribution in [-0.4, -0.2) is 77.9 Å². The highest BCUT2D eigenvalue weighted by Crippen LogP contribution is 2.30. The molecule has 2 fully saturated rings. The summed E-state index contributed by atoms with van der Waals surface area (Å²) in [5.74, 6) is -0.753. The number of amides is 4. The second-order valence-electron chi connectivity index (χ2n) is 9.62. The maximum atomic E-state index is 13.5. The van der Waals surface area contributed by atoms with Gasteiger partial charge in [0.1, 0.15) is 25.9 Å². The average Bonchev–Trinajstić information content (AvgIpc) is 2.79. The zero-order valence-electron chi connectivity index (χ0n) is 20.6. The summed E-state index contributed by atoms with van der Waals surface area (Å²) in [6.07, 6.45) is -0.635. The van der Waals surface area contributed by atoms with E-state index in [9.17, 15) is 18.8 Å². The van der Waals surface area contributed by atoms with E-state index < -0.39 is 12.2 Å². The van der Waals surface area contributed by atoms with Crippen LogP contribution in [0.5, 0.6) is 0 Å². The van der Waals surface area contributed by atoms with E-state index in [0.717, 1.165) is 16.6 Å². The van der Waals surface area contributed by atoms with E-state index in [4.69, 9.17) is 0 Å². The van der Waals surface area contributed by atoms with Crippen LogP contribution < -0.4 is 10.8 Å². The van der Waals surface area contributed by atoms with Crippen molar-refractivity contribution >= 4 is 31.2 Å². The highest BCUT2D eigenvalue weighted by atomic mass is 19.1. The quantitative estimate of drug-likeness (QED) is 0.641. The Morgan fingerprint density at radius 3 is 2.51 bits per heavy atom. The molecule has 0 bridgehead atoms. The van der Waals surface area contributed by atoms with Gasteiger partial charge >= 0.3 is 6.03 Å². The predicted octanol–water partition coefficient (Wildman–Crippen LogP) is 0.678. The Kier molecular flexibility index (Phi) is 7.11. The minimum absolute atomic E-state index is 0.00511. The number of hydrogen-bond donors (Lipinski definition) is 1. The highest BCUT2D eigenvalue weighted by molar-refractivity contribution is 6.32. The molecule has 0 radical (unpaired) electrons. The number of hydrogen-bond acceptors (Lipinski definition) is 4. The Balaban J connectivity index is 1.60. The van der Waals surface area contributed by atoms with Crippen LogP contribution in [0.1, 0.15) is 25.0 Å². The summed E-state index contributed by atoms with van der Waals surface area (Å²) < 4.78 is 13.2. The largest absolute Gasteiger partial charge is 0.334 e. The number of nitrogens with zero attached hydrogens (tertiary/aromatic N) is 4. The fourth-order valence-electron chi connectivity index (χ4n) is 4.90. The van der Waals surface area contributed by atoms with Crippen molar-refractivity contribution < 1.29 is 18.8 Å². The molecule has 2 aromatic rings. The van der Waals surface area contributed by atoms with Gasteiger partial charge in [-0.2, -0.15) is 0 Å². The van der Waals surface area contributed by atoms with Crippen LogP contribution >= 0.6 is 0 Å². The van der Waals surface area contributed by atoms with Gasteiger partial charge in [0.05, 0.1) is 13.1 Å². The third-order valence-electron chi connectivity index (χ3n) is 6.52. The molecule has 2 aliphatic rings. The lowest BCUT2D eigenvalue weighted by Crippen LogP contribution is -2.76. The molecule has 35 heavy (non-hydrogen) atoms. The van der Waals surface area contributed by atoms with E-state index in [2.05, 4.69) is 5.32 Å². The molecular formula is C25H31BFN5O3. The Morgan fingerprint density at radius 1 is 1.14 bits per heavy atom. The van der Waals surface area contributed by atoms with Crippen molar-refractivity contribution in [3.8, 4) is 0 Å². The van der Waals surface area contributed by atoms with E-state index in [0.29, 0.717) is 6.54 Å². The first kappa shape index (κ1) is 24.7. The van der Waals surface area contributed by atoms with Crippen molar-refractivity contribution in [2.45, 2.75) is 39.1 Å². The van der Waals surface area contributed by atoms with E-state index in [1.807, 2.05) is 46.0 Å². The second kappa shape index (κ2) is 10.1. The first-order chi connectivity index (χ1) is 16.7. The van der Waals surface area contributed by atoms with E-state index in [1.165, 1.54) is 17.1 Å². The standard InChI is InChI=1S/C25H31BFN5O3/c1-16(2)23-24(34)30(13-18-5-4-6-19(26)11-18)14-21-31(23)22(33)15-29(3)32(21)25(35)28-12-17-7-9-20(27)10-8-17/h4-11,16,21,23H,12-15,26H2,1-3H3,(H,28,35)/t21-,23-/m0/s1. The summed E-state index contributed by atoms with van der Waals surface area (Å²) in [4.78, 5) is 43.3. The molecule has 2 atom stereocenters. The highest BCUT2D eigenvalue weighted by Gasteiger charge is 2.51. The van der Waals surface area contributed by atoms with Gasteiger partial charge < -0.3 is 15.1 Å². The number of rotatable bonds is 5. The van der Waals surface area contributed by atoms with Gasteiger partial charge in [0.2, 0.25) is 11.8 Å². The van der Waals surface area contributed by atoms with Crippen LogP contribution in [0.2, 0.25) is 0 Å². The summed E-state index contributed by atoms with van der Waals surface area (Å²) in [5.41, 5.74) is 2.85. The molecule has 0 aromatic heterocycles. The summed E-state index contributed by atoms with van der Waals surface area (Å²) in [5, 5.41) is 6.00. The number of halogens is 1. The van der Waals surface area contributed by atoms with Gasteiger partial charge in [-0.1, -0.05) is 55.7 Å². The van der Waals surface area contributed by atoms with Gasteiger partial charge in [0.15, 0.2) is 0 Å². The van der Waals surface area contributed by atoms with E-state index in [-0.39, 0.29) is 49.2 Å². The smallest absolute Gasteiger partial charge is 0.333 e. The van der Waals surface area contributed by atoms with Crippen molar-refractivity contribution in [3.63, 3.8) is 0 Å². The number of carbonyl (C=O) groups is 3. The molecule has 4 rings (SSSR count). The first-order valence-electron chi connectivity index (χ1n) is 11.8. The molecular weight excluding hydrogens is 448 g/mol. The van der Waals surface area contributed by atoms with Crippen LogP contribution in [0.15, 0.2) is 48.5 Å². The van der Waals surface area contributed by atoms with E-state index >= 15 is 0 Å². The monoisotopic (exact) mass is 479 g/mol. The number of hydrazine groups is 1. The number of likely N-dealkylation sites (N-methyl/N-ethyl adjacent to an activating group) is 1. The van der Waals surface area contributed by atoms with Gasteiger partial charge in [0.25, 0.3) is 0 Å². The zero-order chi connectivity index (χ0) is 25.3. The predicted molar refractivity (Wildman–Crippen MR) is 132 cm³/mol. The maximum Gasteiger partial charge on any atom is 0.334 e. The van der Waals surface area contributed by atoms with Crippen LogP contribution in [0.4, 0.5) is 9.18 Å². The minimum atomic E-state index is -0.660. The number of nitrogens with one attached hydrogen (secondary N) is 1. The molecule has 0 saturated carbocycles. The van der Waals surface area contributed by atoms with Gasteiger partial charge in [-0.3, -0.25) is 9.59 Å². The second-order valence-corrected chi connectivity index (χ2v) is 9.62. The molecule has 0 unspecified atom stereocenters. The van der Waals surface area contributed by atoms with Gasteiger partial charge in [0, 0.05) is 20.1 Å². The molecule has 2 saturated heterocycles. The van der Waals surface area contributed by atoms with Crippen LogP contribution in [-0.2, 0) is 22.7 Å². The van der Waals surface area contributed by atoms with Crippen molar-refractivity contribution in [3.05, 3.63) is 65.5 Å². The summed E-state index contributed by atoms with van der Waals surface area (Å²) in [6, 6.07) is 12.8. The average molecular weight is 479 g/mol. The van der Waals surface area contributed by atoms with Crippen LogP contribution in [0.3, 0.4) is 0 Å².